The molecule has 0 aliphatic carbocycles. The number of carboxylic acid groups (broad SMARTS) is 1. The van der Waals surface area contributed by atoms with Gasteiger partial charge in [0.2, 0.25) is 17.7 Å². The summed E-state index contributed by atoms with van der Waals surface area (Å²) < 4.78 is -0.595. The number of β-lactam (4-membered cyclic amide) rings is 1. The number of carbonyl (C=O) groups is 4. The Morgan fingerprint density at radius 3 is 2.52 bits per heavy atom. The maximum absolute atomic E-state index is 12.6. The van der Waals surface area contributed by atoms with Crippen molar-refractivity contribution in [1.29, 1.82) is 0 Å². The molecule has 2 fully saturated rings. The molecule has 9 heteroatoms. The summed E-state index contributed by atoms with van der Waals surface area (Å²) in [6.45, 7) is 3.16. The van der Waals surface area contributed by atoms with Crippen molar-refractivity contribution in [3.05, 3.63) is 35.9 Å². The summed E-state index contributed by atoms with van der Waals surface area (Å²) in [7, 11) is 0. The number of nitrogens with one attached hydrogen (secondary N) is 2. The molecule has 0 saturated carbocycles. The van der Waals surface area contributed by atoms with E-state index in [1.807, 2.05) is 44.2 Å². The van der Waals surface area contributed by atoms with Crippen LogP contribution in [0.1, 0.15) is 19.4 Å². The summed E-state index contributed by atoms with van der Waals surface area (Å²) in [5.74, 6) is -2.23. The third-order valence-corrected chi connectivity index (χ3v) is 6.20. The van der Waals surface area contributed by atoms with Gasteiger partial charge < -0.3 is 20.6 Å². The summed E-state index contributed by atoms with van der Waals surface area (Å²) >= 11 is 1.43. The maximum atomic E-state index is 12.6. The van der Waals surface area contributed by atoms with Gasteiger partial charge in [0, 0.05) is 4.75 Å². The number of hydrogen-bond acceptors (Lipinski definition) is 5. The number of rotatable bonds is 6. The zero-order chi connectivity index (χ0) is 19.8. The molecule has 0 radical (unpaired) electrons. The molecule has 2 saturated heterocycles. The molecule has 3 rings (SSSR count). The smallest absolute Gasteiger partial charge is 0.322 e. The van der Waals surface area contributed by atoms with Gasteiger partial charge in [-0.2, -0.15) is 0 Å². The number of aliphatic carboxylic acids is 1. The first-order chi connectivity index (χ1) is 12.7. The first kappa shape index (κ1) is 19.2. The van der Waals surface area contributed by atoms with Crippen LogP contribution < -0.4 is 10.6 Å². The average Bonchev–Trinajstić information content (AvgIpc) is 2.86. The third-order valence-electron chi connectivity index (χ3n) is 4.63. The van der Waals surface area contributed by atoms with Crippen LogP contribution in [0.3, 0.4) is 0 Å². The van der Waals surface area contributed by atoms with Crippen molar-refractivity contribution < 1.29 is 24.3 Å². The topological polar surface area (TPSA) is 116 Å². The molecule has 0 unspecified atom stereocenters. The van der Waals surface area contributed by atoms with Gasteiger partial charge in [-0.3, -0.25) is 19.2 Å². The Morgan fingerprint density at radius 2 is 1.89 bits per heavy atom. The lowest BCUT2D eigenvalue weighted by molar-refractivity contribution is -0.155. The number of amides is 3. The van der Waals surface area contributed by atoms with Gasteiger partial charge in [-0.25, -0.2) is 0 Å². The van der Waals surface area contributed by atoms with E-state index in [4.69, 9.17) is 5.11 Å². The number of thioether (sulfide) groups is 1. The highest BCUT2D eigenvalue weighted by molar-refractivity contribution is 8.01. The van der Waals surface area contributed by atoms with Gasteiger partial charge in [0.15, 0.2) is 0 Å². The van der Waals surface area contributed by atoms with Gasteiger partial charge in [-0.05, 0) is 19.4 Å². The molecule has 0 bridgehead atoms. The lowest BCUT2D eigenvalue weighted by Gasteiger charge is -2.44. The Balaban J connectivity index is 1.64. The normalized spacial score (nSPS) is 25.3. The van der Waals surface area contributed by atoms with E-state index in [1.54, 1.807) is 0 Å². The summed E-state index contributed by atoms with van der Waals surface area (Å²) in [5, 5.41) is 13.5. The highest BCUT2D eigenvalue weighted by atomic mass is 32.2. The number of carbonyl (C=O) groups excluding carboxylic acids is 3. The molecule has 8 nitrogen and oxygen atoms in total. The van der Waals surface area contributed by atoms with E-state index >= 15 is 0 Å². The molecule has 3 atom stereocenters. The van der Waals surface area contributed by atoms with Crippen LogP contribution in [-0.2, 0) is 25.6 Å². The molecular weight excluding hydrogens is 370 g/mol. The van der Waals surface area contributed by atoms with Crippen molar-refractivity contribution in [2.24, 2.45) is 0 Å². The molecule has 1 aromatic carbocycles. The predicted molar refractivity (Wildman–Crippen MR) is 98.8 cm³/mol. The third kappa shape index (κ3) is 3.78. The second-order valence-corrected chi connectivity index (χ2v) is 8.85. The van der Waals surface area contributed by atoms with Crippen LogP contribution in [0.5, 0.6) is 0 Å². The van der Waals surface area contributed by atoms with Crippen molar-refractivity contribution in [2.45, 2.75) is 42.5 Å². The summed E-state index contributed by atoms with van der Waals surface area (Å²) in [6.07, 6.45) is 0.175. The number of benzene rings is 1. The van der Waals surface area contributed by atoms with Gasteiger partial charge in [0.05, 0.1) is 6.42 Å². The summed E-state index contributed by atoms with van der Waals surface area (Å²) in [5.41, 5.74) is 0.851. The first-order valence-electron chi connectivity index (χ1n) is 8.53. The van der Waals surface area contributed by atoms with Crippen LogP contribution >= 0.6 is 11.8 Å². The lowest BCUT2D eigenvalue weighted by atomic mass is 9.95. The highest BCUT2D eigenvalue weighted by Crippen LogP contribution is 2.50. The van der Waals surface area contributed by atoms with E-state index in [0.29, 0.717) is 0 Å². The molecule has 1 aromatic rings. The van der Waals surface area contributed by atoms with Crippen LogP contribution in [0, 0.1) is 0 Å². The molecule has 2 heterocycles. The first-order valence-corrected chi connectivity index (χ1v) is 9.41. The zero-order valence-electron chi connectivity index (χ0n) is 15.0. The summed E-state index contributed by atoms with van der Waals surface area (Å²) in [4.78, 5) is 49.4. The SMILES string of the molecule is CC1(C)S[C@@H]2[C@H](NC(=O)Cc3ccccc3)C(=O)N2[C@H]1C(=O)NCC(=O)O. The quantitative estimate of drug-likeness (QED) is 0.587. The van der Waals surface area contributed by atoms with Gasteiger partial charge in [-0.15, -0.1) is 11.8 Å². The predicted octanol–water partition coefficient (Wildman–Crippen LogP) is -0.0230. The van der Waals surface area contributed by atoms with Crippen molar-refractivity contribution >= 4 is 35.5 Å². The molecule has 0 aromatic heterocycles. The van der Waals surface area contributed by atoms with Crippen molar-refractivity contribution in [3.8, 4) is 0 Å². The molecular formula is C18H21N3O5S. The Labute approximate surface area is 160 Å². The van der Waals surface area contributed by atoms with Gasteiger partial charge in [-0.1, -0.05) is 30.3 Å². The molecule has 0 spiro atoms. The number of hydrogen-bond donors (Lipinski definition) is 3. The Morgan fingerprint density at radius 1 is 1.22 bits per heavy atom. The van der Waals surface area contributed by atoms with E-state index < -0.39 is 35.3 Å². The van der Waals surface area contributed by atoms with Crippen LogP contribution in [0.4, 0.5) is 0 Å². The Hall–Kier alpha value is -2.55. The summed E-state index contributed by atoms with van der Waals surface area (Å²) in [6, 6.07) is 7.77. The monoisotopic (exact) mass is 391 g/mol. The number of fused-ring (bicyclic) bond motifs is 1. The van der Waals surface area contributed by atoms with E-state index in [2.05, 4.69) is 10.6 Å². The van der Waals surface area contributed by atoms with E-state index in [-0.39, 0.29) is 23.6 Å². The minimum Gasteiger partial charge on any atom is -0.480 e. The van der Waals surface area contributed by atoms with Crippen LogP contribution in [0.15, 0.2) is 30.3 Å². The fourth-order valence-electron chi connectivity index (χ4n) is 3.44. The molecule has 2 aliphatic rings. The zero-order valence-corrected chi connectivity index (χ0v) is 15.8. The van der Waals surface area contributed by atoms with Gasteiger partial charge >= 0.3 is 5.97 Å². The second kappa shape index (κ2) is 7.22. The molecule has 27 heavy (non-hydrogen) atoms. The van der Waals surface area contributed by atoms with Crippen molar-refractivity contribution in [3.63, 3.8) is 0 Å². The van der Waals surface area contributed by atoms with Crippen LogP contribution in [0.25, 0.3) is 0 Å². The molecule has 144 valence electrons. The largest absolute Gasteiger partial charge is 0.480 e. The van der Waals surface area contributed by atoms with Crippen molar-refractivity contribution in [2.75, 3.05) is 6.54 Å². The fraction of sp³-hybridized carbons (Fsp3) is 0.444. The Bertz CT molecular complexity index is 782. The van der Waals surface area contributed by atoms with Crippen molar-refractivity contribution in [1.82, 2.24) is 15.5 Å². The fourth-order valence-corrected chi connectivity index (χ4v) is 5.07. The van der Waals surface area contributed by atoms with E-state index in [0.717, 1.165) is 5.56 Å². The van der Waals surface area contributed by atoms with E-state index in [1.165, 1.54) is 16.7 Å². The van der Waals surface area contributed by atoms with E-state index in [9.17, 15) is 19.2 Å². The minimum absolute atomic E-state index is 0.175. The molecule has 2 aliphatic heterocycles. The number of carboxylic acids is 1. The van der Waals surface area contributed by atoms with Gasteiger partial charge in [0.25, 0.3) is 0 Å². The highest BCUT2D eigenvalue weighted by Gasteiger charge is 2.63. The van der Waals surface area contributed by atoms with Crippen LogP contribution in [-0.4, -0.2) is 62.4 Å². The van der Waals surface area contributed by atoms with Crippen LogP contribution in [0.2, 0.25) is 0 Å². The minimum atomic E-state index is -1.15. The number of nitrogens with zero attached hydrogens (tertiary/aromatic N) is 1. The maximum Gasteiger partial charge on any atom is 0.322 e. The van der Waals surface area contributed by atoms with Gasteiger partial charge in [0.1, 0.15) is 24.0 Å². The molecule has 3 N–H and O–H groups in total. The Kier molecular flexibility index (Phi) is 5.14. The second-order valence-electron chi connectivity index (χ2n) is 7.08. The molecule has 3 amide bonds. The standard InChI is InChI=1S/C18H21N3O5S/c1-18(2)14(15(25)19-9-12(23)24)21-16(26)13(17(21)27-18)20-11(22)8-10-6-4-3-5-7-10/h3-7,13-14,17H,8-9H2,1-2H3,(H,19,25)(H,20,22)(H,23,24)/t13-,14+,17-/m1/s1. The lowest BCUT2D eigenvalue weighted by Crippen LogP contribution is -2.71. The average molecular weight is 391 g/mol.